The summed E-state index contributed by atoms with van der Waals surface area (Å²) < 4.78 is 0. The van der Waals surface area contributed by atoms with Gasteiger partial charge in [-0.3, -0.25) is 0 Å². The Labute approximate surface area is 86.0 Å². The summed E-state index contributed by atoms with van der Waals surface area (Å²) >= 11 is 0. The lowest BCUT2D eigenvalue weighted by atomic mass is 9.97. The summed E-state index contributed by atoms with van der Waals surface area (Å²) in [6, 6.07) is 0.252. The van der Waals surface area contributed by atoms with Gasteiger partial charge in [-0.15, -0.1) is 0 Å². The molecule has 1 aliphatic rings. The zero-order valence-corrected chi connectivity index (χ0v) is 9.36. The summed E-state index contributed by atoms with van der Waals surface area (Å²) in [4.78, 5) is 15.4. The van der Waals surface area contributed by atoms with Crippen molar-refractivity contribution in [1.82, 2.24) is 9.80 Å². The molecule has 1 saturated heterocycles. The quantitative estimate of drug-likeness (QED) is 0.676. The molecular formula is C10H21N3O. The molecule has 0 aromatic heterocycles. The van der Waals surface area contributed by atoms with Gasteiger partial charge >= 0.3 is 6.03 Å². The van der Waals surface area contributed by atoms with Crippen LogP contribution >= 0.6 is 0 Å². The maximum absolute atomic E-state index is 11.8. The Bertz CT molecular complexity index is 198. The molecule has 2 N–H and O–H groups in total. The van der Waals surface area contributed by atoms with Gasteiger partial charge in [-0.05, 0) is 19.3 Å². The highest BCUT2D eigenvalue weighted by atomic mass is 16.2. The fourth-order valence-electron chi connectivity index (χ4n) is 1.93. The van der Waals surface area contributed by atoms with Crippen LogP contribution in [0.15, 0.2) is 0 Å². The molecule has 0 aromatic carbocycles. The predicted molar refractivity (Wildman–Crippen MR) is 57.0 cm³/mol. The van der Waals surface area contributed by atoms with Crippen LogP contribution in [0.2, 0.25) is 0 Å². The number of hydrogen-bond donors (Lipinski definition) is 1. The third-order valence-electron chi connectivity index (χ3n) is 2.76. The van der Waals surface area contributed by atoms with Gasteiger partial charge < -0.3 is 15.5 Å². The first-order valence-corrected chi connectivity index (χ1v) is 5.30. The van der Waals surface area contributed by atoms with Gasteiger partial charge in [-0.25, -0.2) is 4.79 Å². The summed E-state index contributed by atoms with van der Waals surface area (Å²) in [5, 5.41) is 0. The number of urea groups is 1. The Balaban J connectivity index is 2.54. The number of likely N-dealkylation sites (tertiary alicyclic amines) is 1. The maximum atomic E-state index is 11.8. The highest BCUT2D eigenvalue weighted by molar-refractivity contribution is 5.74. The van der Waals surface area contributed by atoms with Gasteiger partial charge in [0.15, 0.2) is 0 Å². The highest BCUT2D eigenvalue weighted by Gasteiger charge is 2.26. The molecule has 0 aromatic rings. The topological polar surface area (TPSA) is 49.6 Å². The van der Waals surface area contributed by atoms with E-state index in [9.17, 15) is 4.79 Å². The van der Waals surface area contributed by atoms with E-state index >= 15 is 0 Å². The molecule has 1 aliphatic heterocycles. The molecule has 82 valence electrons. The van der Waals surface area contributed by atoms with Crippen LogP contribution in [-0.4, -0.2) is 48.6 Å². The lowest BCUT2D eigenvalue weighted by Gasteiger charge is -2.36. The Kier molecular flexibility index (Phi) is 3.75. The number of nitrogens with two attached hydrogens (primary N) is 1. The zero-order valence-electron chi connectivity index (χ0n) is 9.36. The minimum absolute atomic E-state index is 0.106. The SMILES string of the molecule is CCN(C)C(=O)N1CC(C)CC(N)C1. The van der Waals surface area contributed by atoms with Gasteiger partial charge in [0.25, 0.3) is 0 Å². The van der Waals surface area contributed by atoms with Crippen molar-refractivity contribution >= 4 is 6.03 Å². The average Bonchev–Trinajstić information content (AvgIpc) is 2.14. The first-order valence-electron chi connectivity index (χ1n) is 5.30. The highest BCUT2D eigenvalue weighted by Crippen LogP contribution is 2.15. The predicted octanol–water partition coefficient (Wildman–Crippen LogP) is 0.727. The minimum atomic E-state index is 0.106. The Morgan fingerprint density at radius 1 is 1.57 bits per heavy atom. The number of piperidine rings is 1. The second kappa shape index (κ2) is 4.64. The molecule has 0 bridgehead atoms. The molecular weight excluding hydrogens is 178 g/mol. The molecule has 0 aliphatic carbocycles. The third-order valence-corrected chi connectivity index (χ3v) is 2.76. The fourth-order valence-corrected chi connectivity index (χ4v) is 1.93. The Hall–Kier alpha value is -0.770. The van der Waals surface area contributed by atoms with Gasteiger partial charge in [0.1, 0.15) is 0 Å². The molecule has 2 unspecified atom stereocenters. The van der Waals surface area contributed by atoms with E-state index in [1.807, 2.05) is 18.9 Å². The van der Waals surface area contributed by atoms with E-state index in [2.05, 4.69) is 6.92 Å². The van der Waals surface area contributed by atoms with E-state index in [1.54, 1.807) is 4.90 Å². The molecule has 4 nitrogen and oxygen atoms in total. The normalized spacial score (nSPS) is 27.6. The summed E-state index contributed by atoms with van der Waals surface area (Å²) in [5.41, 5.74) is 5.88. The van der Waals surface area contributed by atoms with Crippen molar-refractivity contribution in [3.8, 4) is 0 Å². The van der Waals surface area contributed by atoms with Crippen LogP contribution in [0.3, 0.4) is 0 Å². The van der Waals surface area contributed by atoms with Gasteiger partial charge in [0.2, 0.25) is 0 Å². The summed E-state index contributed by atoms with van der Waals surface area (Å²) in [7, 11) is 1.83. The molecule has 1 heterocycles. The van der Waals surface area contributed by atoms with Crippen molar-refractivity contribution in [3.63, 3.8) is 0 Å². The number of carbonyl (C=O) groups is 1. The van der Waals surface area contributed by atoms with Crippen molar-refractivity contribution in [3.05, 3.63) is 0 Å². The smallest absolute Gasteiger partial charge is 0.319 e. The third kappa shape index (κ3) is 2.61. The van der Waals surface area contributed by atoms with Crippen LogP contribution < -0.4 is 5.73 Å². The van der Waals surface area contributed by atoms with Crippen LogP contribution in [0, 0.1) is 5.92 Å². The Morgan fingerprint density at radius 2 is 2.21 bits per heavy atom. The van der Waals surface area contributed by atoms with Crippen molar-refractivity contribution in [2.45, 2.75) is 26.3 Å². The number of hydrogen-bond acceptors (Lipinski definition) is 2. The van der Waals surface area contributed by atoms with E-state index in [-0.39, 0.29) is 12.1 Å². The summed E-state index contributed by atoms with van der Waals surface area (Å²) in [6.45, 7) is 6.42. The molecule has 4 heteroatoms. The van der Waals surface area contributed by atoms with Gasteiger partial charge in [-0.2, -0.15) is 0 Å². The summed E-state index contributed by atoms with van der Waals surface area (Å²) in [5.74, 6) is 0.521. The molecule has 1 rings (SSSR count). The Morgan fingerprint density at radius 3 is 2.71 bits per heavy atom. The lowest BCUT2D eigenvalue weighted by Crippen LogP contribution is -2.52. The lowest BCUT2D eigenvalue weighted by molar-refractivity contribution is 0.134. The minimum Gasteiger partial charge on any atom is -0.328 e. The monoisotopic (exact) mass is 199 g/mol. The molecule has 0 spiro atoms. The molecule has 1 fully saturated rings. The number of rotatable bonds is 1. The summed E-state index contributed by atoms with van der Waals surface area (Å²) in [6.07, 6.45) is 1.03. The number of amides is 2. The maximum Gasteiger partial charge on any atom is 0.319 e. The van der Waals surface area contributed by atoms with Crippen LogP contribution in [0.4, 0.5) is 4.79 Å². The van der Waals surface area contributed by atoms with Crippen molar-refractivity contribution in [2.75, 3.05) is 26.7 Å². The van der Waals surface area contributed by atoms with E-state index in [0.29, 0.717) is 12.5 Å². The first kappa shape index (κ1) is 11.3. The molecule has 0 radical (unpaired) electrons. The van der Waals surface area contributed by atoms with E-state index < -0.39 is 0 Å². The average molecular weight is 199 g/mol. The number of carbonyl (C=O) groups excluding carboxylic acids is 1. The largest absolute Gasteiger partial charge is 0.328 e. The van der Waals surface area contributed by atoms with Crippen molar-refractivity contribution < 1.29 is 4.79 Å². The molecule has 2 atom stereocenters. The second-order valence-corrected chi connectivity index (χ2v) is 4.30. The van der Waals surface area contributed by atoms with Crippen LogP contribution in [0.25, 0.3) is 0 Å². The van der Waals surface area contributed by atoms with Gasteiger partial charge in [-0.1, -0.05) is 6.92 Å². The van der Waals surface area contributed by atoms with Crippen LogP contribution in [0.5, 0.6) is 0 Å². The standard InChI is InChI=1S/C10H21N3O/c1-4-12(3)10(14)13-6-8(2)5-9(11)7-13/h8-9H,4-7,11H2,1-3H3. The molecule has 0 saturated carbocycles. The molecule has 2 amide bonds. The first-order chi connectivity index (χ1) is 6.54. The zero-order chi connectivity index (χ0) is 10.7. The van der Waals surface area contributed by atoms with Crippen LogP contribution in [-0.2, 0) is 0 Å². The van der Waals surface area contributed by atoms with Crippen molar-refractivity contribution in [1.29, 1.82) is 0 Å². The molecule has 14 heavy (non-hydrogen) atoms. The van der Waals surface area contributed by atoms with E-state index in [1.165, 1.54) is 0 Å². The second-order valence-electron chi connectivity index (χ2n) is 4.30. The number of nitrogens with zero attached hydrogens (tertiary/aromatic N) is 2. The van der Waals surface area contributed by atoms with Gasteiger partial charge in [0.05, 0.1) is 0 Å². The van der Waals surface area contributed by atoms with Crippen LogP contribution in [0.1, 0.15) is 20.3 Å². The fraction of sp³-hybridized carbons (Fsp3) is 0.900. The van der Waals surface area contributed by atoms with E-state index in [4.69, 9.17) is 5.73 Å². The van der Waals surface area contributed by atoms with Gasteiger partial charge in [0, 0.05) is 32.7 Å². The van der Waals surface area contributed by atoms with Crippen molar-refractivity contribution in [2.24, 2.45) is 11.7 Å². The van der Waals surface area contributed by atoms with E-state index in [0.717, 1.165) is 19.5 Å².